The largest absolute Gasteiger partial charge is 0.334 e. The lowest BCUT2D eigenvalue weighted by Gasteiger charge is -1.90. The molecule has 11 heavy (non-hydrogen) atoms. The first-order chi connectivity index (χ1) is 5.40. The molecule has 56 valence electrons. The van der Waals surface area contributed by atoms with E-state index in [1.54, 1.807) is 12.4 Å². The molecule has 0 amide bonds. The third-order valence-electron chi connectivity index (χ3n) is 1.49. The molecule has 0 aliphatic rings. The first-order valence-corrected chi connectivity index (χ1v) is 3.46. The van der Waals surface area contributed by atoms with Crippen molar-refractivity contribution < 1.29 is 4.52 Å². The molecule has 0 aliphatic heterocycles. The fraction of sp³-hybridized carbons (Fsp3) is 0.286. The van der Waals surface area contributed by atoms with Gasteiger partial charge in [-0.3, -0.25) is 0 Å². The Bertz CT molecular complexity index is 368. The molecule has 0 saturated heterocycles. The second-order valence-corrected chi connectivity index (χ2v) is 2.23. The van der Waals surface area contributed by atoms with Crippen molar-refractivity contribution in [1.82, 2.24) is 15.1 Å². The highest BCUT2D eigenvalue weighted by Gasteiger charge is 2.00. The Hall–Kier alpha value is -1.45. The van der Waals surface area contributed by atoms with E-state index in [1.807, 2.05) is 6.92 Å². The van der Waals surface area contributed by atoms with Crippen molar-refractivity contribution in [1.29, 1.82) is 0 Å². The minimum Gasteiger partial charge on any atom is -0.334 e. The van der Waals surface area contributed by atoms with E-state index in [0.717, 1.165) is 12.1 Å². The number of hydrogen-bond acceptors (Lipinski definition) is 4. The fourth-order valence-electron chi connectivity index (χ4n) is 0.868. The van der Waals surface area contributed by atoms with Crippen molar-refractivity contribution >= 4 is 11.2 Å². The normalized spacial score (nSPS) is 10.6. The molecule has 2 rings (SSSR count). The summed E-state index contributed by atoms with van der Waals surface area (Å²) >= 11 is 0. The molecule has 0 atom stereocenters. The van der Waals surface area contributed by atoms with Gasteiger partial charge in [0.2, 0.25) is 0 Å². The van der Waals surface area contributed by atoms with E-state index in [4.69, 9.17) is 4.52 Å². The van der Waals surface area contributed by atoms with Crippen LogP contribution in [0.4, 0.5) is 0 Å². The molecule has 2 aromatic rings. The van der Waals surface area contributed by atoms with Crippen molar-refractivity contribution in [3.8, 4) is 0 Å². The number of rotatable bonds is 1. The molecule has 2 aromatic heterocycles. The third-order valence-corrected chi connectivity index (χ3v) is 1.49. The van der Waals surface area contributed by atoms with Crippen molar-refractivity contribution in [2.75, 3.05) is 0 Å². The Balaban J connectivity index is 2.67. The summed E-state index contributed by atoms with van der Waals surface area (Å²) in [7, 11) is 0. The highest BCUT2D eigenvalue weighted by atomic mass is 16.5. The molecule has 0 spiro atoms. The van der Waals surface area contributed by atoms with Crippen molar-refractivity contribution in [3.63, 3.8) is 0 Å². The van der Waals surface area contributed by atoms with Crippen LogP contribution in [0.2, 0.25) is 0 Å². The maximum atomic E-state index is 4.84. The van der Waals surface area contributed by atoms with Gasteiger partial charge in [-0.05, 0) is 6.42 Å². The standard InChI is InChI=1S/C7H7N3O/c1-2-5-3-8-6-4-9-11-7(6)10-5/h3-4H,2H2,1H3. The van der Waals surface area contributed by atoms with Crippen LogP contribution in [0.3, 0.4) is 0 Å². The van der Waals surface area contributed by atoms with Crippen LogP contribution in [-0.2, 0) is 6.42 Å². The molecule has 4 heteroatoms. The Kier molecular flexibility index (Phi) is 1.31. The van der Waals surface area contributed by atoms with Crippen molar-refractivity contribution in [3.05, 3.63) is 18.1 Å². The summed E-state index contributed by atoms with van der Waals surface area (Å²) in [6, 6.07) is 0. The predicted molar refractivity (Wildman–Crippen MR) is 39.0 cm³/mol. The molecule has 0 radical (unpaired) electrons. The lowest BCUT2D eigenvalue weighted by molar-refractivity contribution is 0.447. The van der Waals surface area contributed by atoms with E-state index in [2.05, 4.69) is 15.1 Å². The van der Waals surface area contributed by atoms with Gasteiger partial charge in [0.25, 0.3) is 5.71 Å². The first kappa shape index (κ1) is 6.27. The number of aryl methyl sites for hydroxylation is 1. The van der Waals surface area contributed by atoms with Gasteiger partial charge in [0, 0.05) is 6.20 Å². The lowest BCUT2D eigenvalue weighted by atomic mass is 10.3. The molecule has 0 bridgehead atoms. The van der Waals surface area contributed by atoms with Crippen LogP contribution in [0, 0.1) is 0 Å². The van der Waals surface area contributed by atoms with Gasteiger partial charge in [0.15, 0.2) is 0 Å². The van der Waals surface area contributed by atoms with Gasteiger partial charge in [-0.1, -0.05) is 12.1 Å². The molecule has 0 N–H and O–H groups in total. The van der Waals surface area contributed by atoms with E-state index in [1.165, 1.54) is 0 Å². The number of hydrogen-bond donors (Lipinski definition) is 0. The average molecular weight is 149 g/mol. The first-order valence-electron chi connectivity index (χ1n) is 3.46. The summed E-state index contributed by atoms with van der Waals surface area (Å²) in [5.74, 6) is 0. The monoisotopic (exact) mass is 149 g/mol. The van der Waals surface area contributed by atoms with Gasteiger partial charge in [0.1, 0.15) is 5.52 Å². The summed E-state index contributed by atoms with van der Waals surface area (Å²) in [4.78, 5) is 8.26. The zero-order valence-corrected chi connectivity index (χ0v) is 6.11. The molecule has 0 saturated carbocycles. The molecule has 0 unspecified atom stereocenters. The summed E-state index contributed by atoms with van der Waals surface area (Å²) in [5.41, 5.74) is 2.15. The number of nitrogens with zero attached hydrogens (tertiary/aromatic N) is 3. The Morgan fingerprint density at radius 3 is 3.18 bits per heavy atom. The highest BCUT2D eigenvalue weighted by Crippen LogP contribution is 2.07. The molecule has 4 nitrogen and oxygen atoms in total. The van der Waals surface area contributed by atoms with E-state index >= 15 is 0 Å². The zero-order valence-electron chi connectivity index (χ0n) is 6.11. The van der Waals surface area contributed by atoms with Crippen LogP contribution < -0.4 is 0 Å². The van der Waals surface area contributed by atoms with E-state index < -0.39 is 0 Å². The van der Waals surface area contributed by atoms with Gasteiger partial charge >= 0.3 is 0 Å². The van der Waals surface area contributed by atoms with Crippen molar-refractivity contribution in [2.24, 2.45) is 0 Å². The van der Waals surface area contributed by atoms with Gasteiger partial charge in [0.05, 0.1) is 11.9 Å². The SMILES string of the molecule is CCc1cnc2cnoc2n1. The molecule has 0 aromatic carbocycles. The van der Waals surface area contributed by atoms with Gasteiger partial charge in [-0.25, -0.2) is 9.97 Å². The van der Waals surface area contributed by atoms with Crippen LogP contribution in [0.15, 0.2) is 16.9 Å². The number of aromatic nitrogens is 3. The lowest BCUT2D eigenvalue weighted by Crippen LogP contribution is -1.87. The Labute approximate surface area is 63.2 Å². The summed E-state index contributed by atoms with van der Waals surface area (Å²) in [6.07, 6.45) is 4.16. The van der Waals surface area contributed by atoms with Gasteiger partial charge < -0.3 is 4.52 Å². The topological polar surface area (TPSA) is 51.8 Å². The predicted octanol–water partition coefficient (Wildman–Crippen LogP) is 1.18. The smallest absolute Gasteiger partial charge is 0.276 e. The molecular weight excluding hydrogens is 142 g/mol. The fourth-order valence-corrected chi connectivity index (χ4v) is 0.868. The highest BCUT2D eigenvalue weighted by molar-refractivity contribution is 5.65. The number of fused-ring (bicyclic) bond motifs is 1. The van der Waals surface area contributed by atoms with Gasteiger partial charge in [-0.2, -0.15) is 0 Å². The Morgan fingerprint density at radius 1 is 1.45 bits per heavy atom. The average Bonchev–Trinajstić information content (AvgIpc) is 2.50. The maximum Gasteiger partial charge on any atom is 0.276 e. The van der Waals surface area contributed by atoms with Gasteiger partial charge in [-0.15, -0.1) is 0 Å². The van der Waals surface area contributed by atoms with Crippen LogP contribution in [0.25, 0.3) is 11.2 Å². The maximum absolute atomic E-state index is 4.84. The molecule has 0 fully saturated rings. The van der Waals surface area contributed by atoms with Crippen LogP contribution >= 0.6 is 0 Å². The zero-order chi connectivity index (χ0) is 7.68. The minimum atomic E-state index is 0.518. The quantitative estimate of drug-likeness (QED) is 0.610. The summed E-state index contributed by atoms with van der Waals surface area (Å²) in [5, 5.41) is 3.58. The van der Waals surface area contributed by atoms with Crippen LogP contribution in [-0.4, -0.2) is 15.1 Å². The third kappa shape index (κ3) is 0.960. The van der Waals surface area contributed by atoms with Crippen LogP contribution in [0.1, 0.15) is 12.6 Å². The van der Waals surface area contributed by atoms with E-state index in [0.29, 0.717) is 11.2 Å². The molecule has 2 heterocycles. The minimum absolute atomic E-state index is 0.518. The van der Waals surface area contributed by atoms with Crippen molar-refractivity contribution in [2.45, 2.75) is 13.3 Å². The molecular formula is C7H7N3O. The van der Waals surface area contributed by atoms with Crippen LogP contribution in [0.5, 0.6) is 0 Å². The second kappa shape index (κ2) is 2.30. The second-order valence-electron chi connectivity index (χ2n) is 2.23. The van der Waals surface area contributed by atoms with E-state index in [-0.39, 0.29) is 0 Å². The summed E-state index contributed by atoms with van der Waals surface area (Å²) < 4.78 is 4.84. The Morgan fingerprint density at radius 2 is 2.36 bits per heavy atom. The molecule has 0 aliphatic carbocycles. The summed E-state index contributed by atoms with van der Waals surface area (Å²) in [6.45, 7) is 2.02. The van der Waals surface area contributed by atoms with E-state index in [9.17, 15) is 0 Å².